The van der Waals surface area contributed by atoms with Crippen molar-refractivity contribution in [1.82, 2.24) is 5.32 Å². The SMILES string of the molecule is CCOc1cccc(CNC(=O)c2cc(C)c(OCC(=O)O)c(C)c2)c1. The van der Waals surface area contributed by atoms with Crippen LogP contribution in [0.1, 0.15) is 34.0 Å². The lowest BCUT2D eigenvalue weighted by atomic mass is 10.0. The van der Waals surface area contributed by atoms with Crippen molar-refractivity contribution in [3.8, 4) is 11.5 Å². The van der Waals surface area contributed by atoms with E-state index in [1.54, 1.807) is 26.0 Å². The molecule has 0 saturated carbocycles. The number of aryl methyl sites for hydroxylation is 2. The van der Waals surface area contributed by atoms with Crippen molar-refractivity contribution < 1.29 is 24.2 Å². The number of hydrogen-bond donors (Lipinski definition) is 2. The van der Waals surface area contributed by atoms with Gasteiger partial charge in [-0.3, -0.25) is 4.79 Å². The van der Waals surface area contributed by atoms with Crippen molar-refractivity contribution in [2.45, 2.75) is 27.3 Å². The van der Waals surface area contributed by atoms with E-state index in [1.165, 1.54) is 0 Å². The standard InChI is InChI=1S/C20H23NO5/c1-4-25-17-7-5-6-15(10-17)11-21-20(24)16-8-13(2)19(14(3)9-16)26-12-18(22)23/h5-10H,4,11-12H2,1-3H3,(H,21,24)(H,22,23). The van der Waals surface area contributed by atoms with Gasteiger partial charge in [-0.25, -0.2) is 4.79 Å². The minimum atomic E-state index is -1.04. The fraction of sp³-hybridized carbons (Fsp3) is 0.300. The number of carboxylic acids is 1. The molecule has 0 aliphatic heterocycles. The third-order valence-corrected chi connectivity index (χ3v) is 3.73. The molecule has 138 valence electrons. The Balaban J connectivity index is 2.05. The first-order valence-corrected chi connectivity index (χ1v) is 8.36. The van der Waals surface area contributed by atoms with Crippen molar-refractivity contribution in [2.24, 2.45) is 0 Å². The molecule has 0 aromatic heterocycles. The first kappa shape index (κ1) is 19.3. The second kappa shape index (κ2) is 8.89. The van der Waals surface area contributed by atoms with Crippen LogP contribution in [0.5, 0.6) is 11.5 Å². The van der Waals surface area contributed by atoms with Crippen molar-refractivity contribution in [2.75, 3.05) is 13.2 Å². The summed E-state index contributed by atoms with van der Waals surface area (Å²) in [6, 6.07) is 10.9. The topological polar surface area (TPSA) is 84.9 Å². The Morgan fingerprint density at radius 2 is 1.77 bits per heavy atom. The van der Waals surface area contributed by atoms with Crippen LogP contribution in [0.4, 0.5) is 0 Å². The number of carbonyl (C=O) groups is 2. The molecule has 0 fully saturated rings. The lowest BCUT2D eigenvalue weighted by Crippen LogP contribution is -2.23. The highest BCUT2D eigenvalue weighted by atomic mass is 16.5. The summed E-state index contributed by atoms with van der Waals surface area (Å²) in [5.41, 5.74) is 2.88. The van der Waals surface area contributed by atoms with Crippen LogP contribution in [0, 0.1) is 13.8 Å². The largest absolute Gasteiger partial charge is 0.494 e. The van der Waals surface area contributed by atoms with E-state index in [2.05, 4.69) is 5.32 Å². The third-order valence-electron chi connectivity index (χ3n) is 3.73. The normalized spacial score (nSPS) is 10.3. The van der Waals surface area contributed by atoms with Gasteiger partial charge in [0.05, 0.1) is 6.61 Å². The van der Waals surface area contributed by atoms with Crippen LogP contribution >= 0.6 is 0 Å². The molecule has 0 heterocycles. The molecular formula is C20H23NO5. The number of amides is 1. The van der Waals surface area contributed by atoms with Crippen molar-refractivity contribution in [3.63, 3.8) is 0 Å². The Labute approximate surface area is 152 Å². The summed E-state index contributed by atoms with van der Waals surface area (Å²) in [6.45, 7) is 6.05. The van der Waals surface area contributed by atoms with E-state index in [4.69, 9.17) is 14.6 Å². The number of rotatable bonds is 8. The summed E-state index contributed by atoms with van der Waals surface area (Å²) in [4.78, 5) is 23.1. The van der Waals surface area contributed by atoms with Gasteiger partial charge in [0.2, 0.25) is 0 Å². The Hall–Kier alpha value is -3.02. The summed E-state index contributed by atoms with van der Waals surface area (Å²) in [7, 11) is 0. The van der Waals surface area contributed by atoms with E-state index >= 15 is 0 Å². The fourth-order valence-corrected chi connectivity index (χ4v) is 2.64. The van der Waals surface area contributed by atoms with Crippen LogP contribution in [0.3, 0.4) is 0 Å². The quantitative estimate of drug-likeness (QED) is 0.758. The summed E-state index contributed by atoms with van der Waals surface area (Å²) in [5.74, 6) is 0.0157. The number of carboxylic acid groups (broad SMARTS) is 1. The number of benzene rings is 2. The molecule has 0 aliphatic rings. The zero-order chi connectivity index (χ0) is 19.1. The second-order valence-corrected chi connectivity index (χ2v) is 5.88. The summed E-state index contributed by atoms with van der Waals surface area (Å²) in [5, 5.41) is 11.6. The van der Waals surface area contributed by atoms with E-state index in [0.717, 1.165) is 22.4 Å². The molecule has 0 spiro atoms. The first-order chi connectivity index (χ1) is 12.4. The minimum Gasteiger partial charge on any atom is -0.494 e. The Bertz CT molecular complexity index is 778. The molecule has 26 heavy (non-hydrogen) atoms. The minimum absolute atomic E-state index is 0.206. The molecular weight excluding hydrogens is 334 g/mol. The average molecular weight is 357 g/mol. The van der Waals surface area contributed by atoms with E-state index in [1.807, 2.05) is 31.2 Å². The maximum Gasteiger partial charge on any atom is 0.341 e. The van der Waals surface area contributed by atoms with Gasteiger partial charge in [-0.05, 0) is 61.7 Å². The molecule has 2 N–H and O–H groups in total. The molecule has 6 nitrogen and oxygen atoms in total. The Morgan fingerprint density at radius 3 is 2.38 bits per heavy atom. The zero-order valence-electron chi connectivity index (χ0n) is 15.2. The Kier molecular flexibility index (Phi) is 6.60. The fourth-order valence-electron chi connectivity index (χ4n) is 2.64. The van der Waals surface area contributed by atoms with Crippen LogP contribution < -0.4 is 14.8 Å². The average Bonchev–Trinajstić information content (AvgIpc) is 2.59. The van der Waals surface area contributed by atoms with Crippen molar-refractivity contribution in [3.05, 3.63) is 58.7 Å². The highest BCUT2D eigenvalue weighted by Crippen LogP contribution is 2.25. The number of nitrogens with one attached hydrogen (secondary N) is 1. The van der Waals surface area contributed by atoms with E-state index in [9.17, 15) is 9.59 Å². The molecule has 0 saturated heterocycles. The molecule has 2 aromatic carbocycles. The van der Waals surface area contributed by atoms with Gasteiger partial charge in [-0.15, -0.1) is 0 Å². The third kappa shape index (κ3) is 5.24. The number of hydrogen-bond acceptors (Lipinski definition) is 4. The summed E-state index contributed by atoms with van der Waals surface area (Å²) >= 11 is 0. The molecule has 2 rings (SSSR count). The lowest BCUT2D eigenvalue weighted by Gasteiger charge is -2.13. The maximum absolute atomic E-state index is 12.4. The summed E-state index contributed by atoms with van der Waals surface area (Å²) < 4.78 is 10.7. The highest BCUT2D eigenvalue weighted by Gasteiger charge is 2.13. The maximum atomic E-state index is 12.4. The van der Waals surface area contributed by atoms with E-state index < -0.39 is 12.6 Å². The molecule has 0 radical (unpaired) electrons. The number of ether oxygens (including phenoxy) is 2. The molecule has 6 heteroatoms. The molecule has 1 amide bonds. The predicted molar refractivity (Wildman–Crippen MR) is 97.8 cm³/mol. The van der Waals surface area contributed by atoms with Crippen LogP contribution in [0.15, 0.2) is 36.4 Å². The van der Waals surface area contributed by atoms with Crippen LogP contribution in [0.2, 0.25) is 0 Å². The Morgan fingerprint density at radius 1 is 1.08 bits per heavy atom. The lowest BCUT2D eigenvalue weighted by molar-refractivity contribution is -0.139. The van der Waals surface area contributed by atoms with E-state index in [-0.39, 0.29) is 5.91 Å². The predicted octanol–water partition coefficient (Wildman–Crippen LogP) is 3.10. The van der Waals surface area contributed by atoms with Gasteiger partial charge in [0.1, 0.15) is 11.5 Å². The second-order valence-electron chi connectivity index (χ2n) is 5.88. The van der Waals surface area contributed by atoms with Gasteiger partial charge in [-0.2, -0.15) is 0 Å². The van der Waals surface area contributed by atoms with Crippen molar-refractivity contribution in [1.29, 1.82) is 0 Å². The van der Waals surface area contributed by atoms with Gasteiger partial charge < -0.3 is 19.9 Å². The van der Waals surface area contributed by atoms with E-state index in [0.29, 0.717) is 24.5 Å². The number of aliphatic carboxylic acids is 1. The molecule has 0 atom stereocenters. The van der Waals surface area contributed by atoms with Crippen LogP contribution in [-0.4, -0.2) is 30.2 Å². The van der Waals surface area contributed by atoms with Gasteiger partial charge in [0.25, 0.3) is 5.91 Å². The first-order valence-electron chi connectivity index (χ1n) is 8.36. The van der Waals surface area contributed by atoms with Gasteiger partial charge in [0.15, 0.2) is 6.61 Å². The smallest absolute Gasteiger partial charge is 0.341 e. The van der Waals surface area contributed by atoms with Crippen LogP contribution in [-0.2, 0) is 11.3 Å². The van der Waals surface area contributed by atoms with Gasteiger partial charge >= 0.3 is 5.97 Å². The highest BCUT2D eigenvalue weighted by molar-refractivity contribution is 5.94. The summed E-state index contributed by atoms with van der Waals surface area (Å²) in [6.07, 6.45) is 0. The zero-order valence-corrected chi connectivity index (χ0v) is 15.2. The monoisotopic (exact) mass is 357 g/mol. The molecule has 0 unspecified atom stereocenters. The molecule has 2 aromatic rings. The molecule has 0 bridgehead atoms. The van der Waals surface area contributed by atoms with Crippen molar-refractivity contribution >= 4 is 11.9 Å². The van der Waals surface area contributed by atoms with Gasteiger partial charge in [0, 0.05) is 12.1 Å². The van der Waals surface area contributed by atoms with Gasteiger partial charge in [-0.1, -0.05) is 12.1 Å². The number of carbonyl (C=O) groups excluding carboxylic acids is 1. The van der Waals surface area contributed by atoms with Crippen LogP contribution in [0.25, 0.3) is 0 Å². The molecule has 0 aliphatic carbocycles.